The molecule has 1 heteroatoms. The first-order valence-corrected chi connectivity index (χ1v) is 8.70. The third kappa shape index (κ3) is 6.74. The Morgan fingerprint density at radius 1 is 0.565 bits per heavy atom. The molecular formula is C22H33Fe. The van der Waals surface area contributed by atoms with Crippen molar-refractivity contribution in [2.75, 3.05) is 0 Å². The molecule has 129 valence electrons. The van der Waals surface area contributed by atoms with E-state index in [1.807, 2.05) is 0 Å². The molecule has 0 spiro atoms. The average Bonchev–Trinajstić information content (AvgIpc) is 2.69. The van der Waals surface area contributed by atoms with Crippen LogP contribution in [-0.2, 0) is 17.1 Å². The van der Waals surface area contributed by atoms with Crippen molar-refractivity contribution >= 4 is 0 Å². The third-order valence-corrected chi connectivity index (χ3v) is 4.97. The van der Waals surface area contributed by atoms with Crippen LogP contribution in [-0.4, -0.2) is 0 Å². The Hall–Kier alpha value is 0.519. The van der Waals surface area contributed by atoms with Crippen LogP contribution in [0.3, 0.4) is 0 Å². The van der Waals surface area contributed by atoms with Gasteiger partial charge in [-0.15, -0.1) is 0 Å². The molecule has 2 rings (SSSR count). The van der Waals surface area contributed by atoms with Crippen LogP contribution in [0, 0.1) is 67.1 Å². The second kappa shape index (κ2) is 12.0. The second-order valence-corrected chi connectivity index (χ2v) is 6.39. The molecule has 23 heavy (non-hydrogen) atoms. The van der Waals surface area contributed by atoms with Gasteiger partial charge in [-0.2, -0.15) is 0 Å². The van der Waals surface area contributed by atoms with Crippen molar-refractivity contribution in [3.05, 3.63) is 67.1 Å². The molecule has 0 N–H and O–H groups in total. The van der Waals surface area contributed by atoms with Crippen LogP contribution in [0.25, 0.3) is 0 Å². The van der Waals surface area contributed by atoms with Crippen LogP contribution in [0.15, 0.2) is 0 Å². The average molecular weight is 353 g/mol. The van der Waals surface area contributed by atoms with Gasteiger partial charge in [0.2, 0.25) is 0 Å². The van der Waals surface area contributed by atoms with E-state index in [0.29, 0.717) is 0 Å². The summed E-state index contributed by atoms with van der Waals surface area (Å²) >= 11 is 0. The number of rotatable bonds is 4. The van der Waals surface area contributed by atoms with Gasteiger partial charge < -0.3 is 0 Å². The van der Waals surface area contributed by atoms with Gasteiger partial charge in [0.15, 0.2) is 0 Å². The van der Waals surface area contributed by atoms with Gasteiger partial charge in [-0.05, 0) is 80.0 Å². The van der Waals surface area contributed by atoms with Crippen LogP contribution in [0.4, 0.5) is 0 Å². The molecule has 11 radical (unpaired) electrons. The summed E-state index contributed by atoms with van der Waals surface area (Å²) in [6.07, 6.45) is 13.8. The minimum Gasteiger partial charge on any atom is -0.0654 e. The number of hydrogen-bond donors (Lipinski definition) is 0. The van der Waals surface area contributed by atoms with E-state index in [9.17, 15) is 0 Å². The Bertz CT molecular complexity index is 225. The van der Waals surface area contributed by atoms with E-state index in [-0.39, 0.29) is 17.1 Å². The zero-order valence-electron chi connectivity index (χ0n) is 16.0. The van der Waals surface area contributed by atoms with Crippen LogP contribution in [0.1, 0.15) is 74.1 Å². The molecule has 0 unspecified atom stereocenters. The van der Waals surface area contributed by atoms with Gasteiger partial charge in [0.05, 0.1) is 0 Å². The molecule has 0 aromatic carbocycles. The first kappa shape index (κ1) is 23.5. The van der Waals surface area contributed by atoms with Crippen LogP contribution in [0.2, 0.25) is 0 Å². The van der Waals surface area contributed by atoms with Crippen molar-refractivity contribution in [3.63, 3.8) is 0 Å². The maximum atomic E-state index is 2.26. The van der Waals surface area contributed by atoms with E-state index in [1.165, 1.54) is 55.3 Å². The molecule has 2 aliphatic rings. The fourth-order valence-corrected chi connectivity index (χ4v) is 2.99. The topological polar surface area (TPSA) is 0 Å². The molecule has 0 saturated heterocycles. The van der Waals surface area contributed by atoms with E-state index >= 15 is 0 Å². The van der Waals surface area contributed by atoms with Gasteiger partial charge in [0.1, 0.15) is 0 Å². The molecule has 2 fully saturated rings. The minimum absolute atomic E-state index is 0. The standard InChI is InChI=1S/C12H18.C10H15.Fe/c1-3-7-11-9-5-6-10-12(11)8-4-2;1-6-7(2)9(4)10(5)8(6)3;/h5-6,9-10H,3-4,7-8H2,1-2H3;1-5H3;. The molecule has 0 aliphatic heterocycles. The second-order valence-electron chi connectivity index (χ2n) is 6.39. The molecule has 2 saturated carbocycles. The molecule has 0 aromatic rings. The van der Waals surface area contributed by atoms with E-state index < -0.39 is 0 Å². The Balaban J connectivity index is 0.000000409. The smallest absolute Gasteiger partial charge is 0 e. The molecule has 0 atom stereocenters. The SMILES string of the molecule is CCC[C]1[CH][CH][CH][CH][C]1CCC.C[C]1[C](C)[C](C)[C](C)[C]1C.[Fe]. The van der Waals surface area contributed by atoms with Crippen molar-refractivity contribution in [1.82, 2.24) is 0 Å². The van der Waals surface area contributed by atoms with Crippen molar-refractivity contribution < 1.29 is 17.1 Å². The first-order chi connectivity index (χ1) is 10.4. The van der Waals surface area contributed by atoms with Gasteiger partial charge in [-0.25, -0.2) is 0 Å². The summed E-state index contributed by atoms with van der Waals surface area (Å²) in [5.74, 6) is 10.4. The van der Waals surface area contributed by atoms with Gasteiger partial charge >= 0.3 is 0 Å². The summed E-state index contributed by atoms with van der Waals surface area (Å²) in [6.45, 7) is 15.5. The molecule has 0 nitrogen and oxygen atoms in total. The summed E-state index contributed by atoms with van der Waals surface area (Å²) < 4.78 is 0. The fraction of sp³-hybridized carbons (Fsp3) is 0.500. The van der Waals surface area contributed by atoms with E-state index in [4.69, 9.17) is 0 Å². The fourth-order valence-electron chi connectivity index (χ4n) is 2.99. The van der Waals surface area contributed by atoms with Crippen LogP contribution < -0.4 is 0 Å². The van der Waals surface area contributed by atoms with E-state index in [1.54, 1.807) is 11.8 Å². The Labute approximate surface area is 158 Å². The van der Waals surface area contributed by atoms with E-state index in [0.717, 1.165) is 0 Å². The van der Waals surface area contributed by atoms with Crippen LogP contribution >= 0.6 is 0 Å². The molecule has 0 heterocycles. The Kier molecular flexibility index (Phi) is 12.2. The summed E-state index contributed by atoms with van der Waals surface area (Å²) in [4.78, 5) is 0. The maximum absolute atomic E-state index is 2.26. The third-order valence-electron chi connectivity index (χ3n) is 4.97. The van der Waals surface area contributed by atoms with Gasteiger partial charge in [-0.1, -0.05) is 61.3 Å². The van der Waals surface area contributed by atoms with Crippen molar-refractivity contribution in [2.45, 2.75) is 74.1 Å². The van der Waals surface area contributed by atoms with Crippen molar-refractivity contribution in [2.24, 2.45) is 0 Å². The monoisotopic (exact) mass is 353 g/mol. The summed E-state index contributed by atoms with van der Waals surface area (Å²) in [6, 6.07) is 0. The predicted molar refractivity (Wildman–Crippen MR) is 98.1 cm³/mol. The summed E-state index contributed by atoms with van der Waals surface area (Å²) in [7, 11) is 0. The molecule has 0 bridgehead atoms. The van der Waals surface area contributed by atoms with Crippen molar-refractivity contribution in [1.29, 1.82) is 0 Å². The molecular weight excluding hydrogens is 320 g/mol. The largest absolute Gasteiger partial charge is 0.0654 e. The predicted octanol–water partition coefficient (Wildman–Crippen LogP) is 6.54. The molecule has 2 aliphatic carbocycles. The minimum atomic E-state index is 0. The Morgan fingerprint density at radius 2 is 0.826 bits per heavy atom. The molecule has 0 aromatic heterocycles. The zero-order chi connectivity index (χ0) is 16.7. The zero-order valence-corrected chi connectivity index (χ0v) is 17.1. The van der Waals surface area contributed by atoms with Crippen LogP contribution in [0.5, 0.6) is 0 Å². The van der Waals surface area contributed by atoms with E-state index in [2.05, 4.69) is 74.1 Å². The van der Waals surface area contributed by atoms with Gasteiger partial charge in [0.25, 0.3) is 0 Å². The maximum Gasteiger partial charge on any atom is 0 e. The van der Waals surface area contributed by atoms with Gasteiger partial charge in [0, 0.05) is 17.1 Å². The quantitative estimate of drug-likeness (QED) is 0.504. The molecule has 0 amide bonds. The van der Waals surface area contributed by atoms with Crippen molar-refractivity contribution in [3.8, 4) is 0 Å². The van der Waals surface area contributed by atoms with Gasteiger partial charge in [-0.3, -0.25) is 0 Å². The first-order valence-electron chi connectivity index (χ1n) is 8.70. The summed E-state index contributed by atoms with van der Waals surface area (Å²) in [5, 5.41) is 0. The number of hydrogen-bond acceptors (Lipinski definition) is 0. The normalized spacial score (nSPS) is 23.6. The summed E-state index contributed by atoms with van der Waals surface area (Å²) in [5.41, 5.74) is 0. The Morgan fingerprint density at radius 3 is 1.04 bits per heavy atom.